The van der Waals surface area contributed by atoms with Crippen LogP contribution in [0.25, 0.3) is 0 Å². The second-order valence-electron chi connectivity index (χ2n) is 3.90. The summed E-state index contributed by atoms with van der Waals surface area (Å²) < 4.78 is 6.93. The van der Waals surface area contributed by atoms with Gasteiger partial charge in [0.1, 0.15) is 5.75 Å². The lowest BCUT2D eigenvalue weighted by Crippen LogP contribution is -2.24. The third kappa shape index (κ3) is 2.87. The summed E-state index contributed by atoms with van der Waals surface area (Å²) in [7, 11) is 0. The minimum atomic E-state index is 0.177. The highest BCUT2D eigenvalue weighted by molar-refractivity contribution is 14.1. The topological polar surface area (TPSA) is 41.5 Å². The summed E-state index contributed by atoms with van der Waals surface area (Å²) in [5.74, 6) is 0.980. The number of rotatable bonds is 3. The van der Waals surface area contributed by atoms with Crippen molar-refractivity contribution in [2.75, 3.05) is 19.8 Å². The number of hydrogen-bond donors (Lipinski definition) is 2. The van der Waals surface area contributed by atoms with Crippen molar-refractivity contribution in [3.05, 3.63) is 27.3 Å². The number of benzene rings is 1. The first-order valence-electron chi connectivity index (χ1n) is 5.58. The molecule has 4 heteroatoms. The van der Waals surface area contributed by atoms with E-state index in [0.29, 0.717) is 12.6 Å². The molecule has 2 N–H and O–H groups in total. The van der Waals surface area contributed by atoms with Crippen LogP contribution in [-0.4, -0.2) is 24.9 Å². The maximum atomic E-state index is 8.87. The Morgan fingerprint density at radius 2 is 2.38 bits per heavy atom. The standard InChI is InChI=1S/C12H16INO2/c13-9-3-4-12-10(8-9)11(14-5-6-15)2-1-7-16-12/h3-4,8,11,14-15H,1-2,5-7H2. The molecule has 1 aromatic rings. The van der Waals surface area contributed by atoms with Gasteiger partial charge in [0.25, 0.3) is 0 Å². The van der Waals surface area contributed by atoms with Crippen LogP contribution in [0.2, 0.25) is 0 Å². The molecule has 88 valence electrons. The number of fused-ring (bicyclic) bond motifs is 1. The average Bonchev–Trinajstić information content (AvgIpc) is 2.48. The minimum Gasteiger partial charge on any atom is -0.493 e. The van der Waals surface area contributed by atoms with E-state index in [9.17, 15) is 0 Å². The van der Waals surface area contributed by atoms with Gasteiger partial charge in [0.05, 0.1) is 13.2 Å². The first kappa shape index (κ1) is 12.1. The summed E-state index contributed by atoms with van der Waals surface area (Å²) in [6.45, 7) is 1.59. The normalized spacial score (nSPS) is 19.8. The fraction of sp³-hybridized carbons (Fsp3) is 0.500. The van der Waals surface area contributed by atoms with Crippen LogP contribution in [0.3, 0.4) is 0 Å². The lowest BCUT2D eigenvalue weighted by Gasteiger charge is -2.18. The quantitative estimate of drug-likeness (QED) is 0.833. The van der Waals surface area contributed by atoms with E-state index in [-0.39, 0.29) is 6.61 Å². The lowest BCUT2D eigenvalue weighted by molar-refractivity contribution is 0.281. The molecule has 0 bridgehead atoms. The van der Waals surface area contributed by atoms with Crippen LogP contribution >= 0.6 is 22.6 Å². The zero-order chi connectivity index (χ0) is 11.4. The van der Waals surface area contributed by atoms with Gasteiger partial charge in [-0.2, -0.15) is 0 Å². The smallest absolute Gasteiger partial charge is 0.124 e. The molecule has 0 aromatic heterocycles. The molecule has 1 unspecified atom stereocenters. The van der Waals surface area contributed by atoms with Crippen LogP contribution < -0.4 is 10.1 Å². The molecule has 0 amide bonds. The first-order chi connectivity index (χ1) is 7.81. The first-order valence-corrected chi connectivity index (χ1v) is 6.65. The summed E-state index contributed by atoms with van der Waals surface area (Å²) in [5, 5.41) is 12.2. The average molecular weight is 333 g/mol. The molecule has 0 spiro atoms. The van der Waals surface area contributed by atoms with Gasteiger partial charge in [0, 0.05) is 21.7 Å². The highest BCUT2D eigenvalue weighted by atomic mass is 127. The zero-order valence-electron chi connectivity index (χ0n) is 9.08. The summed E-state index contributed by atoms with van der Waals surface area (Å²) in [6, 6.07) is 6.57. The van der Waals surface area contributed by atoms with Crippen molar-refractivity contribution >= 4 is 22.6 Å². The van der Waals surface area contributed by atoms with Gasteiger partial charge < -0.3 is 15.2 Å². The predicted molar refractivity (Wildman–Crippen MR) is 71.7 cm³/mol. The van der Waals surface area contributed by atoms with Gasteiger partial charge in [-0.05, 0) is 53.6 Å². The molecule has 0 radical (unpaired) electrons. The summed E-state index contributed by atoms with van der Waals surface area (Å²) in [6.07, 6.45) is 2.11. The summed E-state index contributed by atoms with van der Waals surface area (Å²) in [4.78, 5) is 0. The van der Waals surface area contributed by atoms with Crippen molar-refractivity contribution in [3.63, 3.8) is 0 Å². The number of ether oxygens (including phenoxy) is 1. The van der Waals surface area contributed by atoms with Crippen molar-refractivity contribution in [1.29, 1.82) is 0 Å². The van der Waals surface area contributed by atoms with Crippen molar-refractivity contribution < 1.29 is 9.84 Å². The van der Waals surface area contributed by atoms with Crippen LogP contribution in [-0.2, 0) is 0 Å². The molecule has 1 atom stereocenters. The van der Waals surface area contributed by atoms with E-state index in [0.717, 1.165) is 25.2 Å². The molecule has 2 rings (SSSR count). The van der Waals surface area contributed by atoms with Crippen LogP contribution in [0.4, 0.5) is 0 Å². The van der Waals surface area contributed by atoms with Crippen LogP contribution in [0.15, 0.2) is 18.2 Å². The van der Waals surface area contributed by atoms with E-state index in [1.165, 1.54) is 9.13 Å². The fourth-order valence-electron chi connectivity index (χ4n) is 2.00. The Morgan fingerprint density at radius 3 is 3.19 bits per heavy atom. The molecule has 0 fully saturated rings. The van der Waals surface area contributed by atoms with E-state index in [1.54, 1.807) is 0 Å². The summed E-state index contributed by atoms with van der Waals surface area (Å²) >= 11 is 2.31. The molecular formula is C12H16INO2. The third-order valence-corrected chi connectivity index (χ3v) is 3.42. The fourth-order valence-corrected chi connectivity index (χ4v) is 2.51. The number of aliphatic hydroxyl groups excluding tert-OH is 1. The van der Waals surface area contributed by atoms with Crippen LogP contribution in [0.5, 0.6) is 5.75 Å². The Labute approximate surface area is 109 Å². The van der Waals surface area contributed by atoms with Crippen LogP contribution in [0.1, 0.15) is 24.4 Å². The number of aliphatic hydroxyl groups is 1. The third-order valence-electron chi connectivity index (χ3n) is 2.74. The van der Waals surface area contributed by atoms with Crippen LogP contribution in [0, 0.1) is 3.57 Å². The van der Waals surface area contributed by atoms with Crippen molar-refractivity contribution in [2.24, 2.45) is 0 Å². The Balaban J connectivity index is 2.24. The van der Waals surface area contributed by atoms with E-state index >= 15 is 0 Å². The Kier molecular flexibility index (Phi) is 4.43. The Hall–Kier alpha value is -0.330. The SMILES string of the molecule is OCCNC1CCCOc2ccc(I)cc21. The molecule has 16 heavy (non-hydrogen) atoms. The van der Waals surface area contributed by atoms with Gasteiger partial charge in [0.15, 0.2) is 0 Å². The van der Waals surface area contributed by atoms with Gasteiger partial charge in [-0.25, -0.2) is 0 Å². The molecule has 0 aliphatic carbocycles. The largest absolute Gasteiger partial charge is 0.493 e. The second kappa shape index (κ2) is 5.84. The molecule has 1 heterocycles. The second-order valence-corrected chi connectivity index (χ2v) is 5.15. The molecule has 1 aromatic carbocycles. The summed E-state index contributed by atoms with van der Waals surface area (Å²) in [5.41, 5.74) is 1.22. The van der Waals surface area contributed by atoms with E-state index in [2.05, 4.69) is 40.0 Å². The Bertz CT molecular complexity index is 357. The van der Waals surface area contributed by atoms with Gasteiger partial charge in [-0.1, -0.05) is 0 Å². The van der Waals surface area contributed by atoms with Crippen molar-refractivity contribution in [3.8, 4) is 5.75 Å². The zero-order valence-corrected chi connectivity index (χ0v) is 11.2. The van der Waals surface area contributed by atoms with Gasteiger partial charge in [-0.15, -0.1) is 0 Å². The van der Waals surface area contributed by atoms with Gasteiger partial charge in [0.2, 0.25) is 0 Å². The molecular weight excluding hydrogens is 317 g/mol. The molecule has 0 saturated carbocycles. The lowest BCUT2D eigenvalue weighted by atomic mass is 10.0. The highest BCUT2D eigenvalue weighted by Crippen LogP contribution is 2.32. The van der Waals surface area contributed by atoms with E-state index in [1.807, 2.05) is 6.07 Å². The predicted octanol–water partition coefficient (Wildman–Crippen LogP) is 2.09. The van der Waals surface area contributed by atoms with Crippen molar-refractivity contribution in [1.82, 2.24) is 5.32 Å². The number of nitrogens with one attached hydrogen (secondary N) is 1. The van der Waals surface area contributed by atoms with E-state index < -0.39 is 0 Å². The minimum absolute atomic E-state index is 0.177. The molecule has 0 saturated heterocycles. The van der Waals surface area contributed by atoms with Gasteiger partial charge >= 0.3 is 0 Å². The molecule has 1 aliphatic rings. The van der Waals surface area contributed by atoms with E-state index in [4.69, 9.17) is 9.84 Å². The van der Waals surface area contributed by atoms with Gasteiger partial charge in [-0.3, -0.25) is 0 Å². The Morgan fingerprint density at radius 1 is 1.50 bits per heavy atom. The highest BCUT2D eigenvalue weighted by Gasteiger charge is 2.19. The maximum Gasteiger partial charge on any atom is 0.124 e. The number of hydrogen-bond acceptors (Lipinski definition) is 3. The maximum absolute atomic E-state index is 8.87. The molecule has 3 nitrogen and oxygen atoms in total. The monoisotopic (exact) mass is 333 g/mol. The molecule has 1 aliphatic heterocycles. The van der Waals surface area contributed by atoms with Crippen molar-refractivity contribution in [2.45, 2.75) is 18.9 Å². The number of halogens is 1.